The number of carbonyl (C=O) groups excluding carboxylic acids is 2. The zero-order valence-corrected chi connectivity index (χ0v) is 16.8. The lowest BCUT2D eigenvalue weighted by Gasteiger charge is -2.19. The second-order valence-corrected chi connectivity index (χ2v) is 7.85. The quantitative estimate of drug-likeness (QED) is 0.706. The topological polar surface area (TPSA) is 55.4 Å². The van der Waals surface area contributed by atoms with E-state index in [-0.39, 0.29) is 17.9 Å². The van der Waals surface area contributed by atoms with E-state index in [2.05, 4.69) is 39.9 Å². The van der Waals surface area contributed by atoms with Crippen LogP contribution in [0.1, 0.15) is 68.4 Å². The first-order chi connectivity index (χ1) is 12.7. The molecule has 1 N–H and O–H groups in total. The number of rotatable bonds is 6. The van der Waals surface area contributed by atoms with E-state index < -0.39 is 5.97 Å². The van der Waals surface area contributed by atoms with E-state index in [4.69, 9.17) is 4.74 Å². The lowest BCUT2D eigenvalue weighted by Crippen LogP contribution is -2.22. The van der Waals surface area contributed by atoms with Crippen LogP contribution in [0, 0.1) is 0 Å². The van der Waals surface area contributed by atoms with Crippen LogP contribution in [0.3, 0.4) is 0 Å². The van der Waals surface area contributed by atoms with E-state index in [1.165, 1.54) is 0 Å². The van der Waals surface area contributed by atoms with Crippen LogP contribution in [0.4, 0.5) is 5.69 Å². The number of carbonyl (C=O) groups is 2. The van der Waals surface area contributed by atoms with Crippen LogP contribution in [0.2, 0.25) is 0 Å². The maximum absolute atomic E-state index is 12.2. The Hall–Kier alpha value is -2.62. The van der Waals surface area contributed by atoms with Crippen LogP contribution in [0.5, 0.6) is 0 Å². The molecule has 1 amide bonds. The summed E-state index contributed by atoms with van der Waals surface area (Å²) in [5.74, 6) is -0.503. The summed E-state index contributed by atoms with van der Waals surface area (Å²) in [6.07, 6.45) is 0.979. The van der Waals surface area contributed by atoms with Gasteiger partial charge in [-0.05, 0) is 47.1 Å². The number of hydrogen-bond donors (Lipinski definition) is 1. The smallest absolute Gasteiger partial charge is 0.338 e. The van der Waals surface area contributed by atoms with Crippen molar-refractivity contribution in [3.63, 3.8) is 0 Å². The number of amides is 1. The van der Waals surface area contributed by atoms with Crippen LogP contribution in [0.15, 0.2) is 48.5 Å². The Labute approximate surface area is 161 Å². The summed E-state index contributed by atoms with van der Waals surface area (Å²) in [5.41, 5.74) is 3.44. The van der Waals surface area contributed by atoms with Gasteiger partial charge < -0.3 is 10.1 Å². The maximum Gasteiger partial charge on any atom is 0.338 e. The Kier molecular flexibility index (Phi) is 6.78. The molecule has 2 rings (SSSR count). The maximum atomic E-state index is 12.2. The van der Waals surface area contributed by atoms with E-state index in [0.717, 1.165) is 23.2 Å². The van der Waals surface area contributed by atoms with Gasteiger partial charge in [0.05, 0.1) is 5.56 Å². The molecular weight excluding hydrogens is 338 g/mol. The molecule has 0 aliphatic rings. The third-order valence-electron chi connectivity index (χ3n) is 4.70. The molecule has 2 aromatic rings. The first-order valence-corrected chi connectivity index (χ1v) is 9.38. The van der Waals surface area contributed by atoms with Gasteiger partial charge in [0.15, 0.2) is 6.61 Å². The van der Waals surface area contributed by atoms with Crippen molar-refractivity contribution in [1.29, 1.82) is 0 Å². The highest BCUT2D eigenvalue weighted by molar-refractivity contribution is 5.96. The molecule has 27 heavy (non-hydrogen) atoms. The summed E-state index contributed by atoms with van der Waals surface area (Å²) in [6.45, 7) is 10.3. The van der Waals surface area contributed by atoms with Crippen LogP contribution in [0.25, 0.3) is 0 Å². The van der Waals surface area contributed by atoms with Gasteiger partial charge in [0.1, 0.15) is 0 Å². The minimum absolute atomic E-state index is 0.0192. The van der Waals surface area contributed by atoms with Crippen LogP contribution in [-0.2, 0) is 14.9 Å². The Balaban J connectivity index is 1.95. The van der Waals surface area contributed by atoms with Crippen molar-refractivity contribution < 1.29 is 14.3 Å². The molecule has 0 aliphatic carbocycles. The number of anilines is 1. The second-order valence-electron chi connectivity index (χ2n) is 7.85. The van der Waals surface area contributed by atoms with Gasteiger partial charge in [-0.25, -0.2) is 4.79 Å². The first-order valence-electron chi connectivity index (χ1n) is 9.38. The fraction of sp³-hybridized carbons (Fsp3) is 0.391. The number of hydrogen-bond acceptors (Lipinski definition) is 3. The predicted octanol–water partition coefficient (Wildman–Crippen LogP) is 5.29. The molecule has 1 atom stereocenters. The zero-order valence-electron chi connectivity index (χ0n) is 16.8. The Morgan fingerprint density at radius 1 is 1.04 bits per heavy atom. The molecule has 0 saturated heterocycles. The first kappa shape index (κ1) is 20.7. The summed E-state index contributed by atoms with van der Waals surface area (Å²) in [7, 11) is 0. The number of benzene rings is 2. The van der Waals surface area contributed by atoms with Gasteiger partial charge in [0, 0.05) is 5.69 Å². The van der Waals surface area contributed by atoms with Crippen molar-refractivity contribution >= 4 is 17.6 Å². The molecular formula is C23H29NO3. The fourth-order valence-corrected chi connectivity index (χ4v) is 2.77. The van der Waals surface area contributed by atoms with Gasteiger partial charge in [-0.15, -0.1) is 0 Å². The number of para-hydroxylation sites is 1. The van der Waals surface area contributed by atoms with Crippen molar-refractivity contribution in [3.8, 4) is 0 Å². The normalized spacial score (nSPS) is 12.3. The second kappa shape index (κ2) is 8.85. The van der Waals surface area contributed by atoms with Crippen molar-refractivity contribution in [1.82, 2.24) is 0 Å². The highest BCUT2D eigenvalue weighted by Gasteiger charge is 2.16. The monoisotopic (exact) mass is 367 g/mol. The SMILES string of the molecule is CC[C@H](C)c1ccccc1NC(=O)COC(=O)c1ccc(C(C)(C)C)cc1. The molecule has 2 aromatic carbocycles. The summed E-state index contributed by atoms with van der Waals surface area (Å²) in [5, 5.41) is 2.85. The zero-order chi connectivity index (χ0) is 20.0. The summed E-state index contributed by atoms with van der Waals surface area (Å²) < 4.78 is 5.16. The van der Waals surface area contributed by atoms with Crippen LogP contribution in [-0.4, -0.2) is 18.5 Å². The third kappa shape index (κ3) is 5.68. The van der Waals surface area contributed by atoms with Gasteiger partial charge in [0.25, 0.3) is 5.91 Å². The van der Waals surface area contributed by atoms with E-state index in [1.54, 1.807) is 12.1 Å². The summed E-state index contributed by atoms with van der Waals surface area (Å²) in [6, 6.07) is 15.0. The molecule has 144 valence electrons. The third-order valence-corrected chi connectivity index (χ3v) is 4.70. The summed E-state index contributed by atoms with van der Waals surface area (Å²) in [4.78, 5) is 24.4. The Morgan fingerprint density at radius 3 is 2.26 bits per heavy atom. The molecule has 4 heteroatoms. The van der Waals surface area contributed by atoms with Gasteiger partial charge >= 0.3 is 5.97 Å². The van der Waals surface area contributed by atoms with Gasteiger partial charge in [-0.3, -0.25) is 4.79 Å². The molecule has 0 saturated carbocycles. The number of ether oxygens (including phenoxy) is 1. The highest BCUT2D eigenvalue weighted by atomic mass is 16.5. The molecule has 4 nitrogen and oxygen atoms in total. The minimum atomic E-state index is -0.499. The fourth-order valence-electron chi connectivity index (χ4n) is 2.77. The average molecular weight is 367 g/mol. The van der Waals surface area contributed by atoms with Crippen molar-refractivity contribution in [3.05, 3.63) is 65.2 Å². The Bertz CT molecular complexity index is 788. The summed E-state index contributed by atoms with van der Waals surface area (Å²) >= 11 is 0. The highest BCUT2D eigenvalue weighted by Crippen LogP contribution is 2.26. The molecule has 0 aromatic heterocycles. The number of nitrogens with one attached hydrogen (secondary N) is 1. The predicted molar refractivity (Wildman–Crippen MR) is 109 cm³/mol. The van der Waals surface area contributed by atoms with Crippen molar-refractivity contribution in [2.75, 3.05) is 11.9 Å². The average Bonchev–Trinajstić information content (AvgIpc) is 2.65. The van der Waals surface area contributed by atoms with Crippen LogP contribution < -0.4 is 5.32 Å². The van der Waals surface area contributed by atoms with Crippen molar-refractivity contribution in [2.45, 2.75) is 52.4 Å². The molecule has 0 spiro atoms. The molecule has 0 unspecified atom stereocenters. The van der Waals surface area contributed by atoms with E-state index in [9.17, 15) is 9.59 Å². The van der Waals surface area contributed by atoms with Crippen molar-refractivity contribution in [2.24, 2.45) is 0 Å². The molecule has 0 heterocycles. The van der Waals surface area contributed by atoms with Gasteiger partial charge in [-0.2, -0.15) is 0 Å². The molecule has 0 aliphatic heterocycles. The standard InChI is InChI=1S/C23H29NO3/c1-6-16(2)19-9-7-8-10-20(19)24-21(25)15-27-22(26)17-11-13-18(14-12-17)23(3,4)5/h7-14,16H,6,15H2,1-5H3,(H,24,25)/t16-/m0/s1. The van der Waals surface area contributed by atoms with E-state index in [1.807, 2.05) is 36.4 Å². The lowest BCUT2D eigenvalue weighted by molar-refractivity contribution is -0.119. The molecule has 0 radical (unpaired) electrons. The van der Waals surface area contributed by atoms with Gasteiger partial charge in [-0.1, -0.05) is 65.0 Å². The van der Waals surface area contributed by atoms with E-state index in [0.29, 0.717) is 11.5 Å². The minimum Gasteiger partial charge on any atom is -0.452 e. The molecule has 0 fully saturated rings. The van der Waals surface area contributed by atoms with Gasteiger partial charge in [0.2, 0.25) is 0 Å². The van der Waals surface area contributed by atoms with Crippen LogP contribution >= 0.6 is 0 Å². The molecule has 0 bridgehead atoms. The Morgan fingerprint density at radius 2 is 1.67 bits per heavy atom. The largest absolute Gasteiger partial charge is 0.452 e. The lowest BCUT2D eigenvalue weighted by atomic mass is 9.87. The van der Waals surface area contributed by atoms with E-state index >= 15 is 0 Å². The number of esters is 1.